The van der Waals surface area contributed by atoms with E-state index in [1.165, 1.54) is 6.42 Å². The lowest BCUT2D eigenvalue weighted by molar-refractivity contribution is 0.309. The van der Waals surface area contributed by atoms with Crippen molar-refractivity contribution in [3.63, 3.8) is 0 Å². The predicted molar refractivity (Wildman–Crippen MR) is 82.6 cm³/mol. The molecule has 0 bridgehead atoms. The fourth-order valence-electron chi connectivity index (χ4n) is 1.31. The predicted octanol–water partition coefficient (Wildman–Crippen LogP) is 2.71. The van der Waals surface area contributed by atoms with E-state index in [4.69, 9.17) is 0 Å². The molecule has 1 N–H and O–H groups in total. The van der Waals surface area contributed by atoms with Crippen molar-refractivity contribution in [3.05, 3.63) is 0 Å². The van der Waals surface area contributed by atoms with E-state index in [2.05, 4.69) is 37.3 Å². The molecule has 0 spiro atoms. The zero-order valence-corrected chi connectivity index (χ0v) is 13.6. The van der Waals surface area contributed by atoms with Gasteiger partial charge in [0.25, 0.3) is 0 Å². The van der Waals surface area contributed by atoms with E-state index in [9.17, 15) is 8.42 Å². The Labute approximate surface area is 116 Å². The van der Waals surface area contributed by atoms with Gasteiger partial charge in [-0.05, 0) is 19.5 Å². The van der Waals surface area contributed by atoms with E-state index in [1.807, 2.05) is 6.92 Å². The van der Waals surface area contributed by atoms with Crippen LogP contribution in [0.1, 0.15) is 55.3 Å². The highest BCUT2D eigenvalue weighted by atomic mass is 32.2. The number of sulfonamides is 1. The third-order valence-electron chi connectivity index (χ3n) is 2.41. The van der Waals surface area contributed by atoms with Gasteiger partial charge in [0.2, 0.25) is 10.0 Å². The van der Waals surface area contributed by atoms with Crippen molar-refractivity contribution in [2.24, 2.45) is 0 Å². The number of hydrogen-bond acceptors (Lipinski definition) is 3. The van der Waals surface area contributed by atoms with Crippen LogP contribution in [0.25, 0.3) is 0 Å². The van der Waals surface area contributed by atoms with Gasteiger partial charge >= 0.3 is 0 Å². The summed E-state index contributed by atoms with van der Waals surface area (Å²) in [5.74, 6) is 0.252. The molecule has 0 radical (unpaired) electrons. The lowest BCUT2D eigenvalue weighted by Crippen LogP contribution is -2.35. The molecule has 0 aromatic heterocycles. The fraction of sp³-hybridized carbons (Fsp3) is 1.00. The van der Waals surface area contributed by atoms with Crippen LogP contribution in [0.3, 0.4) is 0 Å². The molecule has 0 aromatic carbocycles. The molecule has 18 heavy (non-hydrogen) atoms. The molecule has 0 aliphatic heterocycles. The normalized spacial score (nSPS) is 11.2. The largest absolute Gasteiger partial charge is 0.303 e. The second kappa shape index (κ2) is 13.3. The third-order valence-corrected chi connectivity index (χ3v) is 3.88. The summed E-state index contributed by atoms with van der Waals surface area (Å²) in [6.45, 7) is 13.6. The van der Waals surface area contributed by atoms with Gasteiger partial charge in [-0.2, -0.15) is 0 Å². The number of nitrogens with one attached hydrogen (secondary N) is 1. The van der Waals surface area contributed by atoms with Gasteiger partial charge in [-0.25, -0.2) is 13.1 Å². The highest BCUT2D eigenvalue weighted by Crippen LogP contribution is 1.93. The van der Waals surface area contributed by atoms with Crippen molar-refractivity contribution < 1.29 is 9.84 Å². The van der Waals surface area contributed by atoms with Gasteiger partial charge < -0.3 is 4.90 Å². The summed E-state index contributed by atoms with van der Waals surface area (Å²) in [5.41, 5.74) is 0. The quantitative estimate of drug-likeness (QED) is 0.707. The summed E-state index contributed by atoms with van der Waals surface area (Å²) < 4.78 is 25.5. The summed E-state index contributed by atoms with van der Waals surface area (Å²) in [6.07, 6.45) is 2.90. The van der Waals surface area contributed by atoms with E-state index < -0.39 is 10.0 Å². The lowest BCUT2D eigenvalue weighted by atomic mass is 10.4. The van der Waals surface area contributed by atoms with Gasteiger partial charge in [-0.3, -0.25) is 0 Å². The van der Waals surface area contributed by atoms with E-state index in [1.54, 1.807) is 0 Å². The summed E-state index contributed by atoms with van der Waals surface area (Å²) in [5, 5.41) is 0. The second-order valence-corrected chi connectivity index (χ2v) is 6.23. The average Bonchev–Trinajstić information content (AvgIpc) is 2.33. The van der Waals surface area contributed by atoms with Crippen LogP contribution in [0.5, 0.6) is 0 Å². The number of hydrogen-bond donors (Lipinski definition) is 1. The molecular weight excluding hydrogens is 248 g/mol. The van der Waals surface area contributed by atoms with Crippen molar-refractivity contribution in [1.82, 2.24) is 9.62 Å². The second-order valence-electron chi connectivity index (χ2n) is 4.30. The maximum absolute atomic E-state index is 11.4. The van der Waals surface area contributed by atoms with E-state index >= 15 is 0 Å². The summed E-state index contributed by atoms with van der Waals surface area (Å²) in [7, 11) is -3.03. The zero-order chi connectivity index (χ0) is 14.4. The molecule has 0 unspecified atom stereocenters. The summed E-state index contributed by atoms with van der Waals surface area (Å²) in [4.78, 5) is 2.20. The third kappa shape index (κ3) is 13.9. The topological polar surface area (TPSA) is 49.4 Å². The van der Waals surface area contributed by atoms with E-state index in [-0.39, 0.29) is 7.18 Å². The molecule has 0 aliphatic carbocycles. The van der Waals surface area contributed by atoms with Crippen LogP contribution in [0.15, 0.2) is 0 Å². The first kappa shape index (κ1) is 20.2. The Hall–Kier alpha value is -0.130. The highest BCUT2D eigenvalue weighted by molar-refractivity contribution is 7.89. The van der Waals surface area contributed by atoms with Crippen LogP contribution in [-0.4, -0.2) is 45.2 Å². The van der Waals surface area contributed by atoms with Crippen LogP contribution >= 0.6 is 0 Å². The van der Waals surface area contributed by atoms with Gasteiger partial charge in [0, 0.05) is 14.5 Å². The molecule has 4 nitrogen and oxygen atoms in total. The molecule has 5 heteroatoms. The Bertz CT molecular complexity index is 255. The molecule has 0 amide bonds. The van der Waals surface area contributed by atoms with Crippen molar-refractivity contribution in [3.8, 4) is 0 Å². The molecule has 0 aromatic rings. The minimum atomic E-state index is -3.03. The summed E-state index contributed by atoms with van der Waals surface area (Å²) >= 11 is 0. The van der Waals surface area contributed by atoms with Crippen molar-refractivity contribution >= 4 is 10.0 Å². The zero-order valence-electron chi connectivity index (χ0n) is 12.8. The first-order chi connectivity index (χ1) is 8.47. The Morgan fingerprint density at radius 1 is 1.06 bits per heavy atom. The Morgan fingerprint density at radius 3 is 1.94 bits per heavy atom. The maximum atomic E-state index is 11.4. The van der Waals surface area contributed by atoms with Gasteiger partial charge in [0.1, 0.15) is 0 Å². The van der Waals surface area contributed by atoms with Crippen molar-refractivity contribution in [2.75, 3.05) is 31.9 Å². The Kier molecular flexibility index (Phi) is 14.9. The molecule has 0 atom stereocenters. The molecule has 0 heterocycles. The lowest BCUT2D eigenvalue weighted by Gasteiger charge is -2.17. The number of unbranched alkanes of at least 4 members (excludes halogenated alkanes) is 1. The van der Waals surface area contributed by atoms with Crippen LogP contribution in [0.2, 0.25) is 0 Å². The molecule has 0 saturated heterocycles. The molecule has 114 valence electrons. The van der Waals surface area contributed by atoms with Crippen molar-refractivity contribution in [1.29, 1.82) is 0 Å². The number of rotatable bonds is 9. The molecule has 0 saturated carbocycles. The summed E-state index contributed by atoms with van der Waals surface area (Å²) in [6, 6.07) is 0. The SMILES string of the molecule is CCC.CCCCS(=O)(=O)NCCN(CC)CC.[HH]. The maximum Gasteiger partial charge on any atom is 0.211 e. The van der Waals surface area contributed by atoms with Crippen LogP contribution in [-0.2, 0) is 10.0 Å². The minimum absolute atomic E-state index is 0. The molecule has 0 rings (SSSR count). The van der Waals surface area contributed by atoms with Crippen molar-refractivity contribution in [2.45, 2.75) is 53.9 Å². The monoisotopic (exact) mass is 282 g/mol. The average molecular weight is 282 g/mol. The molecule has 0 aliphatic rings. The van der Waals surface area contributed by atoms with Crippen LogP contribution in [0.4, 0.5) is 0 Å². The van der Waals surface area contributed by atoms with Gasteiger partial charge in [0.05, 0.1) is 5.75 Å². The van der Waals surface area contributed by atoms with Crippen LogP contribution in [0, 0.1) is 0 Å². The minimum Gasteiger partial charge on any atom is -0.303 e. The Morgan fingerprint density at radius 2 is 1.56 bits per heavy atom. The van der Waals surface area contributed by atoms with Crippen LogP contribution < -0.4 is 4.72 Å². The van der Waals surface area contributed by atoms with E-state index in [0.717, 1.165) is 32.5 Å². The molecular formula is C13H34N2O2S. The fourth-order valence-corrected chi connectivity index (χ4v) is 2.52. The van der Waals surface area contributed by atoms with Gasteiger partial charge in [0.15, 0.2) is 0 Å². The first-order valence-electron chi connectivity index (χ1n) is 7.16. The highest BCUT2D eigenvalue weighted by Gasteiger charge is 2.08. The number of likely N-dealkylation sites (N-methyl/N-ethyl adjacent to an activating group) is 1. The smallest absolute Gasteiger partial charge is 0.211 e. The molecule has 0 fully saturated rings. The van der Waals surface area contributed by atoms with Gasteiger partial charge in [-0.1, -0.05) is 47.5 Å². The standard InChI is InChI=1S/C10H24N2O2S.C3H8.H2/c1-4-7-10-15(13,14)11-8-9-12(5-2)6-3;1-3-2;/h11H,4-10H2,1-3H3;3H2,1-2H3;1H. The number of nitrogens with zero attached hydrogens (tertiary/aromatic N) is 1. The van der Waals surface area contributed by atoms with Gasteiger partial charge in [-0.15, -0.1) is 0 Å². The first-order valence-corrected chi connectivity index (χ1v) is 8.82. The van der Waals surface area contributed by atoms with E-state index in [0.29, 0.717) is 6.54 Å². The Balaban J connectivity index is -0.000000580.